The summed E-state index contributed by atoms with van der Waals surface area (Å²) in [5.41, 5.74) is 0. The molecule has 1 aliphatic rings. The van der Waals surface area contributed by atoms with Crippen molar-refractivity contribution in [2.75, 3.05) is 32.5 Å². The van der Waals surface area contributed by atoms with Gasteiger partial charge in [-0.15, -0.1) is 0 Å². The number of thioether (sulfide) groups is 1. The molecule has 1 fully saturated rings. The second-order valence-corrected chi connectivity index (χ2v) is 5.03. The van der Waals surface area contributed by atoms with Gasteiger partial charge < -0.3 is 15.4 Å². The highest BCUT2D eigenvalue weighted by molar-refractivity contribution is 7.99. The third-order valence-corrected chi connectivity index (χ3v) is 3.38. The topological polar surface area (TPSA) is 50.4 Å². The van der Waals surface area contributed by atoms with Crippen molar-refractivity contribution in [1.82, 2.24) is 10.6 Å². The highest BCUT2D eigenvalue weighted by Crippen LogP contribution is 2.04. The molecule has 2 unspecified atom stereocenters. The van der Waals surface area contributed by atoms with Crippen molar-refractivity contribution < 1.29 is 9.53 Å². The highest BCUT2D eigenvalue weighted by Gasteiger charge is 2.17. The molecule has 0 aromatic rings. The van der Waals surface area contributed by atoms with Crippen molar-refractivity contribution in [2.24, 2.45) is 0 Å². The first-order valence-corrected chi connectivity index (χ1v) is 6.63. The zero-order valence-corrected chi connectivity index (χ0v) is 10.2. The van der Waals surface area contributed by atoms with Crippen LogP contribution in [0.2, 0.25) is 0 Å². The third-order valence-electron chi connectivity index (χ3n) is 2.41. The van der Waals surface area contributed by atoms with E-state index in [-0.39, 0.29) is 12.0 Å². The number of ether oxygens (including phenoxy) is 1. The molecule has 2 N–H and O–H groups in total. The lowest BCUT2D eigenvalue weighted by Gasteiger charge is -2.23. The minimum atomic E-state index is 0.0448. The van der Waals surface area contributed by atoms with Crippen LogP contribution in [0, 0.1) is 0 Å². The first-order chi connectivity index (χ1) is 7.22. The number of morpholine rings is 1. The zero-order valence-electron chi connectivity index (χ0n) is 9.41. The summed E-state index contributed by atoms with van der Waals surface area (Å²) in [6.45, 7) is 5.22. The van der Waals surface area contributed by atoms with Crippen LogP contribution in [0.15, 0.2) is 0 Å². The summed E-state index contributed by atoms with van der Waals surface area (Å²) in [7, 11) is 0. The lowest BCUT2D eigenvalue weighted by atomic mass is 10.2. The summed E-state index contributed by atoms with van der Waals surface area (Å²) < 4.78 is 5.45. The lowest BCUT2D eigenvalue weighted by Crippen LogP contribution is -2.42. The maximum Gasteiger partial charge on any atom is 0.222 e. The Morgan fingerprint density at radius 2 is 2.53 bits per heavy atom. The molecule has 2 atom stereocenters. The van der Waals surface area contributed by atoms with Crippen LogP contribution in [-0.4, -0.2) is 49.8 Å². The van der Waals surface area contributed by atoms with E-state index in [0.717, 1.165) is 19.6 Å². The van der Waals surface area contributed by atoms with Gasteiger partial charge >= 0.3 is 0 Å². The molecule has 0 saturated carbocycles. The molecule has 15 heavy (non-hydrogen) atoms. The first kappa shape index (κ1) is 12.8. The quantitative estimate of drug-likeness (QED) is 0.712. The van der Waals surface area contributed by atoms with Crippen LogP contribution in [0.5, 0.6) is 0 Å². The van der Waals surface area contributed by atoms with Crippen LogP contribution < -0.4 is 10.6 Å². The average molecular weight is 232 g/mol. The van der Waals surface area contributed by atoms with Gasteiger partial charge in [-0.2, -0.15) is 11.8 Å². The molecule has 88 valence electrons. The van der Waals surface area contributed by atoms with Gasteiger partial charge in [0.05, 0.1) is 19.1 Å². The van der Waals surface area contributed by atoms with Crippen molar-refractivity contribution in [3.8, 4) is 0 Å². The number of rotatable bonds is 5. The van der Waals surface area contributed by atoms with Crippen molar-refractivity contribution in [3.63, 3.8) is 0 Å². The maximum absolute atomic E-state index is 11.5. The van der Waals surface area contributed by atoms with E-state index in [1.54, 1.807) is 11.8 Å². The molecule has 1 heterocycles. The van der Waals surface area contributed by atoms with Crippen molar-refractivity contribution in [3.05, 3.63) is 0 Å². The van der Waals surface area contributed by atoms with Gasteiger partial charge in [0.25, 0.3) is 0 Å². The van der Waals surface area contributed by atoms with Crippen LogP contribution in [-0.2, 0) is 9.53 Å². The largest absolute Gasteiger partial charge is 0.375 e. The monoisotopic (exact) mass is 232 g/mol. The number of hydrogen-bond acceptors (Lipinski definition) is 4. The number of nitrogens with one attached hydrogen (secondary N) is 2. The van der Waals surface area contributed by atoms with Gasteiger partial charge in [0.15, 0.2) is 0 Å². The molecule has 0 spiro atoms. The fourth-order valence-electron chi connectivity index (χ4n) is 1.37. The fourth-order valence-corrected chi connectivity index (χ4v) is 1.62. The summed E-state index contributed by atoms with van der Waals surface area (Å²) in [4.78, 5) is 11.5. The Kier molecular flexibility index (Phi) is 6.05. The molecule has 0 bridgehead atoms. The minimum absolute atomic E-state index is 0.0448. The minimum Gasteiger partial charge on any atom is -0.375 e. The lowest BCUT2D eigenvalue weighted by molar-refractivity contribution is -0.124. The first-order valence-electron chi connectivity index (χ1n) is 5.34. The van der Waals surface area contributed by atoms with Gasteiger partial charge in [-0.3, -0.25) is 4.79 Å². The van der Waals surface area contributed by atoms with Crippen LogP contribution >= 0.6 is 11.8 Å². The molecule has 1 amide bonds. The summed E-state index contributed by atoms with van der Waals surface area (Å²) >= 11 is 1.75. The van der Waals surface area contributed by atoms with Crippen LogP contribution in [0.25, 0.3) is 0 Å². The molecule has 1 aliphatic heterocycles. The molecule has 0 aromatic carbocycles. The van der Waals surface area contributed by atoms with Gasteiger partial charge in [0.2, 0.25) is 5.91 Å². The van der Waals surface area contributed by atoms with E-state index in [1.165, 1.54) is 0 Å². The zero-order chi connectivity index (χ0) is 11.1. The van der Waals surface area contributed by atoms with Crippen molar-refractivity contribution >= 4 is 17.7 Å². The van der Waals surface area contributed by atoms with E-state index < -0.39 is 0 Å². The van der Waals surface area contributed by atoms with Crippen LogP contribution in [0.1, 0.15) is 13.3 Å². The molecule has 0 aliphatic carbocycles. The number of amides is 1. The Balaban J connectivity index is 2.11. The van der Waals surface area contributed by atoms with Gasteiger partial charge in [-0.1, -0.05) is 6.92 Å². The van der Waals surface area contributed by atoms with E-state index in [9.17, 15) is 4.79 Å². The Hall–Kier alpha value is -0.260. The number of hydrogen-bond donors (Lipinski definition) is 2. The molecule has 0 radical (unpaired) electrons. The van der Waals surface area contributed by atoms with Gasteiger partial charge in [-0.05, 0) is 6.26 Å². The predicted octanol–water partition coefficient (Wildman–Crippen LogP) is 0.233. The fraction of sp³-hybridized carbons (Fsp3) is 0.900. The molecule has 5 heteroatoms. The molecule has 1 rings (SSSR count). The summed E-state index contributed by atoms with van der Waals surface area (Å²) in [5.74, 6) is 0.0876. The molecule has 0 aromatic heterocycles. The maximum atomic E-state index is 11.5. The van der Waals surface area contributed by atoms with Crippen molar-refractivity contribution in [1.29, 1.82) is 0 Å². The highest BCUT2D eigenvalue weighted by atomic mass is 32.2. The Morgan fingerprint density at radius 3 is 3.13 bits per heavy atom. The second kappa shape index (κ2) is 7.09. The predicted molar refractivity (Wildman–Crippen MR) is 63.2 cm³/mol. The van der Waals surface area contributed by atoms with Crippen LogP contribution in [0.4, 0.5) is 0 Å². The van der Waals surface area contributed by atoms with E-state index in [2.05, 4.69) is 17.6 Å². The van der Waals surface area contributed by atoms with E-state index in [4.69, 9.17) is 4.74 Å². The van der Waals surface area contributed by atoms with Crippen molar-refractivity contribution in [2.45, 2.75) is 24.7 Å². The van der Waals surface area contributed by atoms with Gasteiger partial charge in [-0.25, -0.2) is 0 Å². The normalized spacial score (nSPS) is 23.5. The van der Waals surface area contributed by atoms with E-state index in [0.29, 0.717) is 18.3 Å². The Labute approximate surface area is 95.5 Å². The summed E-state index contributed by atoms with van der Waals surface area (Å²) in [6.07, 6.45) is 2.56. The standard InChI is InChI=1S/C10H20N2O2S/c1-8(15-2)6-12-10(13)5-9-7-11-3-4-14-9/h8-9,11H,3-7H2,1-2H3,(H,12,13). The Bertz CT molecular complexity index is 196. The second-order valence-electron chi connectivity index (χ2n) is 3.75. The van der Waals surface area contributed by atoms with Gasteiger partial charge in [0, 0.05) is 24.9 Å². The smallest absolute Gasteiger partial charge is 0.222 e. The molecular weight excluding hydrogens is 212 g/mol. The average Bonchev–Trinajstić information content (AvgIpc) is 2.27. The number of carbonyl (C=O) groups excluding carboxylic acids is 1. The third kappa shape index (κ3) is 5.39. The number of carbonyl (C=O) groups is 1. The van der Waals surface area contributed by atoms with Crippen LogP contribution in [0.3, 0.4) is 0 Å². The van der Waals surface area contributed by atoms with Gasteiger partial charge in [0.1, 0.15) is 0 Å². The Morgan fingerprint density at radius 1 is 1.73 bits per heavy atom. The summed E-state index contributed by atoms with van der Waals surface area (Å²) in [6, 6.07) is 0. The SMILES string of the molecule is CSC(C)CNC(=O)CC1CNCCO1. The van der Waals surface area contributed by atoms with E-state index in [1.807, 2.05) is 6.26 Å². The molecular formula is C10H20N2O2S. The molecule has 1 saturated heterocycles. The molecule has 4 nitrogen and oxygen atoms in total. The summed E-state index contributed by atoms with van der Waals surface area (Å²) in [5, 5.41) is 6.59. The van der Waals surface area contributed by atoms with E-state index >= 15 is 0 Å².